The number of imidazole rings is 1. The van der Waals surface area contributed by atoms with Crippen molar-refractivity contribution in [2.24, 2.45) is 5.16 Å². The van der Waals surface area contributed by atoms with Crippen molar-refractivity contribution in [2.45, 2.75) is 26.1 Å². The van der Waals surface area contributed by atoms with E-state index in [0.717, 1.165) is 0 Å². The molecule has 0 saturated carbocycles. The zero-order valence-corrected chi connectivity index (χ0v) is 9.26. The summed E-state index contributed by atoms with van der Waals surface area (Å²) in [6.45, 7) is 2.02. The monoisotopic (exact) mass is 241 g/mol. The summed E-state index contributed by atoms with van der Waals surface area (Å²) in [5.74, 6) is -0.765. The Hall–Kier alpha value is -1.92. The van der Waals surface area contributed by atoms with Crippen LogP contribution >= 0.6 is 0 Å². The average Bonchev–Trinajstić information content (AvgIpc) is 2.80. The predicted molar refractivity (Wildman–Crippen MR) is 55.8 cm³/mol. The Labute approximate surface area is 96.7 Å². The van der Waals surface area contributed by atoms with Gasteiger partial charge < -0.3 is 14.5 Å². The van der Waals surface area contributed by atoms with Crippen molar-refractivity contribution < 1.29 is 19.1 Å². The molecule has 0 spiro atoms. The molecule has 92 valence electrons. The summed E-state index contributed by atoms with van der Waals surface area (Å²) in [4.78, 5) is 15.4. The van der Waals surface area contributed by atoms with E-state index in [1.165, 1.54) is 6.33 Å². The van der Waals surface area contributed by atoms with Gasteiger partial charge in [-0.25, -0.2) is 14.2 Å². The topological polar surface area (TPSA) is 76.7 Å². The van der Waals surface area contributed by atoms with Gasteiger partial charge in [-0.2, -0.15) is 0 Å². The number of halogens is 1. The fourth-order valence-electron chi connectivity index (χ4n) is 1.85. The van der Waals surface area contributed by atoms with Crippen molar-refractivity contribution >= 4 is 11.7 Å². The zero-order valence-electron chi connectivity index (χ0n) is 9.26. The Morgan fingerprint density at radius 1 is 1.82 bits per heavy atom. The molecule has 0 aromatic carbocycles. The molecule has 1 aromatic rings. The lowest BCUT2D eigenvalue weighted by Gasteiger charge is -2.03. The third-order valence-electron chi connectivity index (χ3n) is 2.55. The molecule has 2 heterocycles. The van der Waals surface area contributed by atoms with Crippen LogP contribution in [0.15, 0.2) is 11.5 Å². The fraction of sp³-hybridized carbons (Fsp3) is 0.500. The van der Waals surface area contributed by atoms with Gasteiger partial charge in [0.25, 0.3) is 0 Å². The van der Waals surface area contributed by atoms with Crippen LogP contribution in [0, 0.1) is 0 Å². The van der Waals surface area contributed by atoms with Crippen LogP contribution in [0.4, 0.5) is 4.39 Å². The molecule has 6 nitrogen and oxygen atoms in total. The van der Waals surface area contributed by atoms with Crippen LogP contribution in [0.3, 0.4) is 0 Å². The molecule has 0 saturated heterocycles. The minimum atomic E-state index is -0.992. The van der Waals surface area contributed by atoms with Crippen molar-refractivity contribution in [3.63, 3.8) is 0 Å². The first-order valence-corrected chi connectivity index (χ1v) is 5.25. The van der Waals surface area contributed by atoms with Crippen LogP contribution in [0.2, 0.25) is 0 Å². The molecule has 1 aliphatic rings. The van der Waals surface area contributed by atoms with Crippen LogP contribution in [-0.2, 0) is 22.5 Å². The summed E-state index contributed by atoms with van der Waals surface area (Å²) >= 11 is 0. The van der Waals surface area contributed by atoms with Crippen LogP contribution in [0.5, 0.6) is 0 Å². The number of fused-ring (bicyclic) bond motifs is 1. The summed E-state index contributed by atoms with van der Waals surface area (Å²) in [7, 11) is 0. The summed E-state index contributed by atoms with van der Waals surface area (Å²) in [6, 6.07) is 0. The standard InChI is InChI=1S/C10H12FN3O3/c1-2-17-10(15)9(13-16)8-7-3-6(11)4-14(7)5-12-8/h5-6,16H,2-4H2,1H3/b13-9-/t6-/m1/s1. The SMILES string of the molecule is CCOC(=O)/C(=N\O)c1ncn2c1C[C@@H](F)C2. The van der Waals surface area contributed by atoms with Gasteiger partial charge in [0, 0.05) is 6.42 Å². The highest BCUT2D eigenvalue weighted by molar-refractivity contribution is 6.42. The van der Waals surface area contributed by atoms with E-state index in [-0.39, 0.29) is 31.0 Å². The smallest absolute Gasteiger partial charge is 0.362 e. The van der Waals surface area contributed by atoms with Gasteiger partial charge in [0.2, 0.25) is 5.71 Å². The lowest BCUT2D eigenvalue weighted by molar-refractivity contribution is -0.135. The van der Waals surface area contributed by atoms with Gasteiger partial charge in [-0.3, -0.25) is 0 Å². The molecule has 1 atom stereocenters. The highest BCUT2D eigenvalue weighted by Gasteiger charge is 2.30. The second-order valence-corrected chi connectivity index (χ2v) is 3.66. The Balaban J connectivity index is 2.31. The number of ether oxygens (including phenoxy) is 1. The van der Waals surface area contributed by atoms with E-state index in [9.17, 15) is 9.18 Å². The second-order valence-electron chi connectivity index (χ2n) is 3.66. The van der Waals surface area contributed by atoms with Gasteiger partial charge in [0.1, 0.15) is 11.9 Å². The summed E-state index contributed by atoms with van der Waals surface area (Å²) in [5.41, 5.74) is 0.458. The largest absolute Gasteiger partial charge is 0.461 e. The Bertz CT molecular complexity index is 469. The van der Waals surface area contributed by atoms with Crippen LogP contribution < -0.4 is 0 Å². The van der Waals surface area contributed by atoms with E-state index >= 15 is 0 Å². The molecule has 0 unspecified atom stereocenters. The van der Waals surface area contributed by atoms with E-state index in [1.807, 2.05) is 0 Å². The van der Waals surface area contributed by atoms with Gasteiger partial charge in [-0.05, 0) is 6.92 Å². The average molecular weight is 241 g/mol. The van der Waals surface area contributed by atoms with E-state index in [0.29, 0.717) is 5.69 Å². The first-order valence-electron chi connectivity index (χ1n) is 5.25. The summed E-state index contributed by atoms with van der Waals surface area (Å²) < 4.78 is 19.5. The van der Waals surface area contributed by atoms with Crippen molar-refractivity contribution in [1.29, 1.82) is 0 Å². The van der Waals surface area contributed by atoms with Crippen molar-refractivity contribution in [1.82, 2.24) is 9.55 Å². The summed E-state index contributed by atoms with van der Waals surface area (Å²) in [5, 5.41) is 11.7. The Morgan fingerprint density at radius 2 is 2.59 bits per heavy atom. The maximum Gasteiger partial charge on any atom is 0.362 e. The van der Waals surface area contributed by atoms with Crippen LogP contribution in [0.25, 0.3) is 0 Å². The molecular weight excluding hydrogens is 229 g/mol. The number of hydrogen-bond acceptors (Lipinski definition) is 5. The third kappa shape index (κ3) is 2.00. The first kappa shape index (κ1) is 11.6. The number of carbonyl (C=O) groups excluding carboxylic acids is 1. The van der Waals surface area contributed by atoms with Crippen molar-refractivity contribution in [3.8, 4) is 0 Å². The fourth-order valence-corrected chi connectivity index (χ4v) is 1.85. The van der Waals surface area contributed by atoms with Gasteiger partial charge >= 0.3 is 5.97 Å². The minimum absolute atomic E-state index is 0.160. The number of nitrogens with zero attached hydrogens (tertiary/aromatic N) is 3. The molecule has 0 radical (unpaired) electrons. The molecule has 2 rings (SSSR count). The van der Waals surface area contributed by atoms with E-state index in [2.05, 4.69) is 10.1 Å². The van der Waals surface area contributed by atoms with Crippen LogP contribution in [-0.4, -0.2) is 39.2 Å². The van der Waals surface area contributed by atoms with Gasteiger partial charge in [-0.15, -0.1) is 0 Å². The second kappa shape index (κ2) is 4.52. The number of hydrogen-bond donors (Lipinski definition) is 1. The number of alkyl halides is 1. The maximum atomic E-state index is 13.2. The lowest BCUT2D eigenvalue weighted by atomic mass is 10.1. The van der Waals surface area contributed by atoms with Crippen molar-refractivity contribution in [2.75, 3.05) is 6.61 Å². The number of esters is 1. The number of rotatable bonds is 3. The van der Waals surface area contributed by atoms with E-state index < -0.39 is 12.1 Å². The molecule has 7 heteroatoms. The Morgan fingerprint density at radius 3 is 3.24 bits per heavy atom. The summed E-state index contributed by atoms with van der Waals surface area (Å²) in [6.07, 6.45) is 0.594. The third-order valence-corrected chi connectivity index (χ3v) is 2.55. The molecule has 0 amide bonds. The highest BCUT2D eigenvalue weighted by atomic mass is 19.1. The molecular formula is C10H12FN3O3. The molecule has 0 bridgehead atoms. The molecule has 17 heavy (non-hydrogen) atoms. The molecule has 0 aliphatic carbocycles. The van der Waals surface area contributed by atoms with E-state index in [1.54, 1.807) is 11.5 Å². The molecule has 1 aliphatic heterocycles. The van der Waals surface area contributed by atoms with Gasteiger partial charge in [0.15, 0.2) is 0 Å². The Kier molecular flexibility index (Phi) is 3.08. The number of aromatic nitrogens is 2. The van der Waals surface area contributed by atoms with Gasteiger partial charge in [0.05, 0.1) is 25.2 Å². The molecule has 1 N–H and O–H groups in total. The van der Waals surface area contributed by atoms with Gasteiger partial charge in [-0.1, -0.05) is 5.16 Å². The molecule has 0 fully saturated rings. The lowest BCUT2D eigenvalue weighted by Crippen LogP contribution is -2.20. The quantitative estimate of drug-likeness (QED) is 0.362. The highest BCUT2D eigenvalue weighted by Crippen LogP contribution is 2.21. The maximum absolute atomic E-state index is 13.2. The molecule has 1 aromatic heterocycles. The minimum Gasteiger partial charge on any atom is -0.461 e. The number of oxime groups is 1. The normalized spacial score (nSPS) is 19.2. The first-order chi connectivity index (χ1) is 8.17. The van der Waals surface area contributed by atoms with Crippen LogP contribution in [0.1, 0.15) is 18.3 Å². The zero-order chi connectivity index (χ0) is 12.4. The van der Waals surface area contributed by atoms with E-state index in [4.69, 9.17) is 9.94 Å². The number of carbonyl (C=O) groups is 1. The predicted octanol–water partition coefficient (Wildman–Crippen LogP) is 0.519. The van der Waals surface area contributed by atoms with Crippen molar-refractivity contribution in [3.05, 3.63) is 17.7 Å².